The molecule has 0 bridgehead atoms. The number of likely N-dealkylation sites (N-methyl/N-ethyl adjacent to an activating group) is 1. The zero-order valence-electron chi connectivity index (χ0n) is 56.9. The Morgan fingerprint density at radius 2 is 0.718 bits per heavy atom. The van der Waals surface area contributed by atoms with Gasteiger partial charge in [0.25, 0.3) is 0 Å². The maximum absolute atomic E-state index is 13.6. The highest BCUT2D eigenvalue weighted by molar-refractivity contribution is 7.47. The summed E-state index contributed by atoms with van der Waals surface area (Å²) in [6, 6.07) is -0.861. The summed E-state index contributed by atoms with van der Waals surface area (Å²) >= 11 is 0. The van der Waals surface area contributed by atoms with Crippen LogP contribution >= 0.6 is 7.82 Å². The summed E-state index contributed by atoms with van der Waals surface area (Å²) in [6.45, 7) is 7.01. The number of phosphoric ester groups is 1. The van der Waals surface area contributed by atoms with E-state index in [1.54, 1.807) is 0 Å². The lowest BCUT2D eigenvalue weighted by molar-refractivity contribution is -0.870. The molecule has 0 fully saturated rings. The molecule has 0 aliphatic carbocycles. The molecule has 9 nitrogen and oxygen atoms in total. The molecule has 0 aromatic rings. The number of ether oxygens (including phenoxy) is 1. The first kappa shape index (κ1) is 82.5. The number of carbonyl (C=O) groups excluding carboxylic acids is 2. The van der Waals surface area contributed by atoms with Gasteiger partial charge in [-0.3, -0.25) is 18.6 Å². The molecule has 0 heterocycles. The van der Waals surface area contributed by atoms with E-state index in [4.69, 9.17) is 13.8 Å². The van der Waals surface area contributed by atoms with Crippen LogP contribution in [0, 0.1) is 0 Å². The third-order valence-electron chi connectivity index (χ3n) is 16.1. The number of rotatable bonds is 66. The van der Waals surface area contributed by atoms with Crippen LogP contribution in [0.4, 0.5) is 0 Å². The normalized spacial score (nSPS) is 13.9. The van der Waals surface area contributed by atoms with Gasteiger partial charge < -0.3 is 19.4 Å². The molecule has 10 heteroatoms. The lowest BCUT2D eigenvalue weighted by atomic mass is 10.0. The van der Waals surface area contributed by atoms with Crippen LogP contribution in [0.3, 0.4) is 0 Å². The SMILES string of the molecule is CCCCC/C=C\C/C=C\C/C=C\C/C=C\CCCCCCCC(=O)NC(COP(=O)(O)OCC[N+](C)(C)C)C(/C=C/CCCCCCCCCCCCC)OC(=O)CCCCCCCCCCCCCCCCC/C=C/CCCCCCCC. The van der Waals surface area contributed by atoms with Crippen molar-refractivity contribution in [1.29, 1.82) is 0 Å². The van der Waals surface area contributed by atoms with Gasteiger partial charge in [0.15, 0.2) is 0 Å². The number of esters is 1. The van der Waals surface area contributed by atoms with E-state index in [-0.39, 0.29) is 31.5 Å². The van der Waals surface area contributed by atoms with Gasteiger partial charge in [-0.2, -0.15) is 0 Å². The van der Waals surface area contributed by atoms with Gasteiger partial charge >= 0.3 is 13.8 Å². The average Bonchev–Trinajstić information content (AvgIpc) is 3.50. The Balaban J connectivity index is 5.11. The first-order valence-electron chi connectivity index (χ1n) is 36.3. The van der Waals surface area contributed by atoms with E-state index in [0.717, 1.165) is 96.3 Å². The zero-order valence-corrected chi connectivity index (χ0v) is 57.7. The Bertz CT molecular complexity index is 1680. The first-order chi connectivity index (χ1) is 41.4. The quantitative estimate of drug-likeness (QED) is 0.0205. The van der Waals surface area contributed by atoms with Crippen molar-refractivity contribution < 1.29 is 37.3 Å². The van der Waals surface area contributed by atoms with Crippen LogP contribution in [-0.2, 0) is 27.9 Å². The summed E-state index contributed by atoms with van der Waals surface area (Å²) < 4.78 is 30.8. The number of nitrogens with zero attached hydrogens (tertiary/aromatic N) is 1. The van der Waals surface area contributed by atoms with Gasteiger partial charge in [0.1, 0.15) is 19.3 Å². The first-order valence-corrected chi connectivity index (χ1v) is 37.8. The van der Waals surface area contributed by atoms with Crippen molar-refractivity contribution in [2.45, 2.75) is 354 Å². The summed E-state index contributed by atoms with van der Waals surface area (Å²) in [4.78, 5) is 37.9. The second-order valence-electron chi connectivity index (χ2n) is 25.8. The zero-order chi connectivity index (χ0) is 62.1. The van der Waals surface area contributed by atoms with Crippen molar-refractivity contribution in [2.24, 2.45) is 0 Å². The van der Waals surface area contributed by atoms with E-state index < -0.39 is 20.0 Å². The molecule has 3 unspecified atom stereocenters. The van der Waals surface area contributed by atoms with E-state index in [0.29, 0.717) is 17.4 Å². The molecule has 0 aliphatic heterocycles. The molecular weight excluding hydrogens is 1070 g/mol. The van der Waals surface area contributed by atoms with Gasteiger partial charge in [0.05, 0.1) is 33.8 Å². The van der Waals surface area contributed by atoms with Crippen molar-refractivity contribution >= 4 is 19.7 Å². The smallest absolute Gasteiger partial charge is 0.456 e. The predicted molar refractivity (Wildman–Crippen MR) is 369 cm³/mol. The summed E-state index contributed by atoms with van der Waals surface area (Å²) in [5.74, 6) is -0.515. The molecule has 496 valence electrons. The lowest BCUT2D eigenvalue weighted by Crippen LogP contribution is -2.47. The fourth-order valence-electron chi connectivity index (χ4n) is 10.5. The van der Waals surface area contributed by atoms with Crippen molar-refractivity contribution in [2.75, 3.05) is 40.9 Å². The second-order valence-corrected chi connectivity index (χ2v) is 27.2. The van der Waals surface area contributed by atoms with Crippen LogP contribution in [0.1, 0.15) is 342 Å². The van der Waals surface area contributed by atoms with Crippen LogP contribution in [0.5, 0.6) is 0 Å². The molecule has 0 aromatic heterocycles. The van der Waals surface area contributed by atoms with Crippen molar-refractivity contribution in [3.8, 4) is 0 Å². The Hall–Kier alpha value is -2.55. The third kappa shape index (κ3) is 65.7. The monoisotopic (exact) mass is 1210 g/mol. The maximum Gasteiger partial charge on any atom is 0.472 e. The van der Waals surface area contributed by atoms with Gasteiger partial charge in [-0.25, -0.2) is 4.57 Å². The number of quaternary nitrogens is 1. The molecule has 3 atom stereocenters. The number of amides is 1. The van der Waals surface area contributed by atoms with Crippen molar-refractivity contribution in [3.63, 3.8) is 0 Å². The molecule has 0 saturated heterocycles. The molecule has 2 N–H and O–H groups in total. The molecule has 85 heavy (non-hydrogen) atoms. The number of unbranched alkanes of at least 4 members (excludes halogenated alkanes) is 40. The van der Waals surface area contributed by atoms with Gasteiger partial charge in [0.2, 0.25) is 5.91 Å². The Morgan fingerprint density at radius 3 is 1.11 bits per heavy atom. The van der Waals surface area contributed by atoms with Gasteiger partial charge in [-0.05, 0) is 102 Å². The Labute approximate surface area is 527 Å². The van der Waals surface area contributed by atoms with E-state index in [9.17, 15) is 19.0 Å². The molecule has 0 radical (unpaired) electrons. The van der Waals surface area contributed by atoms with Crippen LogP contribution in [0.25, 0.3) is 0 Å². The second kappa shape index (κ2) is 64.4. The number of hydrogen-bond acceptors (Lipinski definition) is 6. The van der Waals surface area contributed by atoms with E-state index in [1.165, 1.54) is 212 Å². The number of nitrogens with one attached hydrogen (secondary N) is 1. The maximum atomic E-state index is 13.6. The molecular formula is C75H140N2O7P+. The number of allylic oxidation sites excluding steroid dienone is 11. The van der Waals surface area contributed by atoms with Crippen molar-refractivity contribution in [3.05, 3.63) is 72.9 Å². The highest BCUT2D eigenvalue weighted by atomic mass is 31.2. The minimum absolute atomic E-state index is 0.0351. The molecule has 0 spiro atoms. The number of hydrogen-bond donors (Lipinski definition) is 2. The standard InChI is InChI=1S/C75H139N2O7P/c1-7-10-13-16-19-22-25-28-30-32-34-36-37-38-39-41-43-45-47-50-53-56-59-62-65-68-75(79)84-73(66-63-60-57-54-51-48-27-24-21-18-15-12-9-3)72(71-83-85(80,81)82-70-69-77(4,5)6)76-74(78)67-64-61-58-55-52-49-46-44-42-40-35-33-31-29-26-23-20-17-14-11-8-2/h20,23,28-31,35,40,44,46,63,66,72-73H,7-19,21-22,24-27,32-34,36-39,41-43,45,47-62,64-65,67-71H2,1-6H3,(H-,76,78,80,81)/p+1/b23-20-,30-28+,31-29-,40-35-,46-44-,66-63+. The summed E-state index contributed by atoms with van der Waals surface area (Å²) in [5, 5.41) is 3.06. The van der Waals surface area contributed by atoms with Gasteiger partial charge in [-0.15, -0.1) is 0 Å². The third-order valence-corrected chi connectivity index (χ3v) is 17.1. The van der Waals surface area contributed by atoms with E-state index in [2.05, 4.69) is 86.8 Å². The van der Waals surface area contributed by atoms with Crippen LogP contribution in [0.15, 0.2) is 72.9 Å². The Kier molecular flexibility index (Phi) is 62.5. The number of carbonyl (C=O) groups is 2. The van der Waals surface area contributed by atoms with Crippen LogP contribution in [0.2, 0.25) is 0 Å². The molecule has 0 aliphatic rings. The topological polar surface area (TPSA) is 111 Å². The highest BCUT2D eigenvalue weighted by Crippen LogP contribution is 2.43. The largest absolute Gasteiger partial charge is 0.472 e. The molecule has 0 rings (SSSR count). The van der Waals surface area contributed by atoms with Crippen molar-refractivity contribution in [1.82, 2.24) is 5.32 Å². The van der Waals surface area contributed by atoms with Crippen LogP contribution in [-0.4, -0.2) is 74.3 Å². The fraction of sp³-hybridized carbons (Fsp3) is 0.813. The van der Waals surface area contributed by atoms with E-state index in [1.807, 2.05) is 33.3 Å². The van der Waals surface area contributed by atoms with Gasteiger partial charge in [-0.1, -0.05) is 299 Å². The predicted octanol–water partition coefficient (Wildman–Crippen LogP) is 23.1. The minimum Gasteiger partial charge on any atom is -0.456 e. The highest BCUT2D eigenvalue weighted by Gasteiger charge is 2.30. The van der Waals surface area contributed by atoms with E-state index >= 15 is 0 Å². The average molecular weight is 1210 g/mol. The van der Waals surface area contributed by atoms with Gasteiger partial charge in [0, 0.05) is 12.8 Å². The lowest BCUT2D eigenvalue weighted by Gasteiger charge is -2.27. The minimum atomic E-state index is -4.46. The summed E-state index contributed by atoms with van der Waals surface area (Å²) in [6.07, 6.45) is 84.8. The molecule has 0 saturated carbocycles. The summed E-state index contributed by atoms with van der Waals surface area (Å²) in [5.41, 5.74) is 0. The van der Waals surface area contributed by atoms with Crippen LogP contribution < -0.4 is 5.32 Å². The number of phosphoric acid groups is 1. The molecule has 0 aromatic carbocycles. The summed E-state index contributed by atoms with van der Waals surface area (Å²) in [7, 11) is 1.49. The molecule has 1 amide bonds. The fourth-order valence-corrected chi connectivity index (χ4v) is 11.2. The Morgan fingerprint density at radius 1 is 0.412 bits per heavy atom.